The first-order chi connectivity index (χ1) is 18.3. The standard InChI is InChI=1S/C26H17F6N3O3S/c1-2-38-24(37)20-19(14-8-4-6-10-17(14)26(30,31)32)15(12-33)21(34)35-22(36)18(39-23(20)35)11-13-7-3-5-9-16(13)25(27,28)29/h3-11,19H,2,34H2,1H3/b18-11-/t19-/m1/s1. The highest BCUT2D eigenvalue weighted by molar-refractivity contribution is 7.07. The van der Waals surface area contributed by atoms with E-state index in [1.165, 1.54) is 25.1 Å². The van der Waals surface area contributed by atoms with Crippen LogP contribution in [0.2, 0.25) is 0 Å². The van der Waals surface area contributed by atoms with Crippen LogP contribution in [-0.4, -0.2) is 17.1 Å². The molecule has 3 aromatic rings. The van der Waals surface area contributed by atoms with Gasteiger partial charge in [-0.05, 0) is 36.3 Å². The molecular formula is C26H17F6N3O3S. The first-order valence-electron chi connectivity index (χ1n) is 11.2. The van der Waals surface area contributed by atoms with Crippen LogP contribution in [0.3, 0.4) is 0 Å². The van der Waals surface area contributed by atoms with Gasteiger partial charge in [0.05, 0.1) is 45.4 Å². The minimum Gasteiger partial charge on any atom is -0.463 e. The summed E-state index contributed by atoms with van der Waals surface area (Å²) in [5, 5.41) is 9.92. The fraction of sp³-hybridized carbons (Fsp3) is 0.192. The van der Waals surface area contributed by atoms with Crippen LogP contribution in [0.15, 0.2) is 58.9 Å². The number of rotatable bonds is 4. The summed E-state index contributed by atoms with van der Waals surface area (Å²) in [5.74, 6) is -3.33. The molecule has 0 radical (unpaired) electrons. The van der Waals surface area contributed by atoms with E-state index in [1.54, 1.807) is 6.07 Å². The van der Waals surface area contributed by atoms with Crippen LogP contribution in [0.5, 0.6) is 0 Å². The van der Waals surface area contributed by atoms with Crippen LogP contribution >= 0.6 is 11.3 Å². The van der Waals surface area contributed by atoms with Crippen molar-refractivity contribution in [3.63, 3.8) is 0 Å². The minimum atomic E-state index is -4.88. The van der Waals surface area contributed by atoms with Gasteiger partial charge in [-0.25, -0.2) is 4.79 Å². The summed E-state index contributed by atoms with van der Waals surface area (Å²) < 4.78 is 87.7. The van der Waals surface area contributed by atoms with Crippen LogP contribution in [0, 0.1) is 11.3 Å². The maximum atomic E-state index is 13.9. The zero-order chi connectivity index (χ0) is 28.7. The van der Waals surface area contributed by atoms with E-state index in [4.69, 9.17) is 10.5 Å². The molecule has 0 amide bonds. The second kappa shape index (κ2) is 10.1. The third-order valence-electron chi connectivity index (χ3n) is 5.89. The molecule has 0 saturated heterocycles. The lowest BCUT2D eigenvalue weighted by molar-refractivity contribution is -0.139. The number of nitrogens with zero attached hydrogens (tertiary/aromatic N) is 2. The number of allylic oxidation sites excluding steroid dienone is 1. The van der Waals surface area contributed by atoms with Crippen LogP contribution in [0.4, 0.5) is 26.3 Å². The molecule has 1 aliphatic heterocycles. The first-order valence-corrected chi connectivity index (χ1v) is 12.0. The summed E-state index contributed by atoms with van der Waals surface area (Å²) in [6.07, 6.45) is -8.68. The largest absolute Gasteiger partial charge is 0.463 e. The Morgan fingerprint density at radius 2 is 1.67 bits per heavy atom. The summed E-state index contributed by atoms with van der Waals surface area (Å²) in [5.41, 5.74) is 1.15. The van der Waals surface area contributed by atoms with E-state index in [0.717, 1.165) is 41.0 Å². The van der Waals surface area contributed by atoms with Crippen molar-refractivity contribution in [3.8, 4) is 6.07 Å². The Morgan fingerprint density at radius 1 is 1.08 bits per heavy atom. The summed E-state index contributed by atoms with van der Waals surface area (Å²) in [6.45, 7) is 1.26. The van der Waals surface area contributed by atoms with Crippen molar-refractivity contribution in [2.24, 2.45) is 5.73 Å². The van der Waals surface area contributed by atoms with E-state index in [0.29, 0.717) is 11.3 Å². The number of nitrogens with two attached hydrogens (primary N) is 1. The summed E-state index contributed by atoms with van der Waals surface area (Å²) in [7, 11) is 0. The quantitative estimate of drug-likeness (QED) is 0.382. The Morgan fingerprint density at radius 3 is 2.26 bits per heavy atom. The number of aromatic nitrogens is 1. The van der Waals surface area contributed by atoms with Crippen molar-refractivity contribution >= 4 is 34.8 Å². The zero-order valence-corrected chi connectivity index (χ0v) is 20.7. The molecule has 0 fully saturated rings. The number of thiazole rings is 1. The number of hydrogen-bond acceptors (Lipinski definition) is 6. The number of halogens is 6. The van der Waals surface area contributed by atoms with Gasteiger partial charge in [0.2, 0.25) is 0 Å². The highest BCUT2D eigenvalue weighted by Crippen LogP contribution is 2.43. The Hall–Kier alpha value is -4.31. The molecule has 2 heterocycles. The Balaban J connectivity index is 2.15. The average molecular weight is 565 g/mol. The molecule has 0 spiro atoms. The fourth-order valence-corrected chi connectivity index (χ4v) is 5.45. The molecule has 2 aromatic carbocycles. The smallest absolute Gasteiger partial charge is 0.416 e. The Labute approximate surface area is 220 Å². The molecule has 1 aromatic heterocycles. The maximum absolute atomic E-state index is 13.9. The van der Waals surface area contributed by atoms with Gasteiger partial charge in [0.25, 0.3) is 5.56 Å². The lowest BCUT2D eigenvalue weighted by Gasteiger charge is -2.26. The lowest BCUT2D eigenvalue weighted by Crippen LogP contribution is -2.40. The van der Waals surface area contributed by atoms with Crippen molar-refractivity contribution in [1.29, 1.82) is 5.26 Å². The molecule has 2 N–H and O–H groups in total. The van der Waals surface area contributed by atoms with E-state index in [1.807, 2.05) is 0 Å². The maximum Gasteiger partial charge on any atom is 0.416 e. The molecular weight excluding hydrogens is 548 g/mol. The molecule has 0 aliphatic carbocycles. The monoisotopic (exact) mass is 565 g/mol. The van der Waals surface area contributed by atoms with Gasteiger partial charge >= 0.3 is 18.3 Å². The number of benzene rings is 2. The van der Waals surface area contributed by atoms with E-state index >= 15 is 0 Å². The van der Waals surface area contributed by atoms with Gasteiger partial charge in [0.1, 0.15) is 10.5 Å². The van der Waals surface area contributed by atoms with Gasteiger partial charge in [-0.3, -0.25) is 9.36 Å². The molecule has 39 heavy (non-hydrogen) atoms. The van der Waals surface area contributed by atoms with E-state index in [2.05, 4.69) is 0 Å². The van der Waals surface area contributed by atoms with Gasteiger partial charge in [-0.2, -0.15) is 31.6 Å². The number of carbonyl (C=O) groups is 1. The molecule has 202 valence electrons. The van der Waals surface area contributed by atoms with E-state index < -0.39 is 63.5 Å². The highest BCUT2D eigenvalue weighted by atomic mass is 32.1. The number of alkyl halides is 6. The summed E-state index contributed by atoms with van der Waals surface area (Å²) in [6, 6.07) is 10.4. The topological polar surface area (TPSA) is 98.1 Å². The number of ether oxygens (including phenoxy) is 1. The molecule has 0 bridgehead atoms. The lowest BCUT2D eigenvalue weighted by atomic mass is 9.81. The van der Waals surface area contributed by atoms with Crippen LogP contribution < -0.4 is 20.5 Å². The van der Waals surface area contributed by atoms with Crippen LogP contribution in [-0.2, 0) is 21.9 Å². The van der Waals surface area contributed by atoms with E-state index in [-0.39, 0.29) is 21.4 Å². The molecule has 4 rings (SSSR count). The second-order valence-corrected chi connectivity index (χ2v) is 9.23. The van der Waals surface area contributed by atoms with E-state index in [9.17, 15) is 41.2 Å². The number of fused-ring (bicyclic) bond motifs is 1. The van der Waals surface area contributed by atoms with Crippen molar-refractivity contribution in [2.75, 3.05) is 6.61 Å². The van der Waals surface area contributed by atoms with Crippen molar-refractivity contribution in [2.45, 2.75) is 25.2 Å². The summed E-state index contributed by atoms with van der Waals surface area (Å²) >= 11 is 0.551. The predicted octanol–water partition coefficient (Wildman–Crippen LogP) is 3.94. The predicted molar refractivity (Wildman–Crippen MR) is 130 cm³/mol. The van der Waals surface area contributed by atoms with Gasteiger partial charge in [0, 0.05) is 0 Å². The third-order valence-corrected chi connectivity index (χ3v) is 7.00. The summed E-state index contributed by atoms with van der Waals surface area (Å²) in [4.78, 5) is 26.5. The first kappa shape index (κ1) is 27.7. The fourth-order valence-electron chi connectivity index (χ4n) is 4.29. The van der Waals surface area contributed by atoms with Crippen molar-refractivity contribution in [3.05, 3.63) is 95.9 Å². The molecule has 13 heteroatoms. The van der Waals surface area contributed by atoms with Crippen molar-refractivity contribution < 1.29 is 35.9 Å². The number of nitriles is 1. The molecule has 1 atom stereocenters. The Kier molecular flexibility index (Phi) is 7.18. The minimum absolute atomic E-state index is 0.190. The van der Waals surface area contributed by atoms with Crippen molar-refractivity contribution in [1.82, 2.24) is 4.57 Å². The Bertz CT molecular complexity index is 1730. The molecule has 0 unspecified atom stereocenters. The zero-order valence-electron chi connectivity index (χ0n) is 19.9. The second-order valence-electron chi connectivity index (χ2n) is 8.20. The normalized spacial score (nSPS) is 16.2. The van der Waals surface area contributed by atoms with Gasteiger partial charge < -0.3 is 10.5 Å². The number of esters is 1. The number of carbonyl (C=O) groups excluding carboxylic acids is 1. The SMILES string of the molecule is CCOC(=O)C1=c2s/c(=C\c3ccccc3C(F)(F)F)c(=O)n2C(N)=C(C#N)[C@H]1c1ccccc1C(F)(F)F. The molecule has 1 aliphatic rings. The molecule has 6 nitrogen and oxygen atoms in total. The average Bonchev–Trinajstić information content (AvgIpc) is 3.18. The highest BCUT2D eigenvalue weighted by Gasteiger charge is 2.42. The van der Waals surface area contributed by atoms with Gasteiger partial charge in [-0.15, -0.1) is 11.3 Å². The van der Waals surface area contributed by atoms with Crippen LogP contribution in [0.25, 0.3) is 17.5 Å². The third kappa shape index (κ3) is 4.95. The van der Waals surface area contributed by atoms with Crippen LogP contribution in [0.1, 0.15) is 35.1 Å². The van der Waals surface area contributed by atoms with Gasteiger partial charge in [0.15, 0.2) is 0 Å². The molecule has 0 saturated carbocycles. The number of hydrogen-bond donors (Lipinski definition) is 1. The van der Waals surface area contributed by atoms with Gasteiger partial charge in [-0.1, -0.05) is 36.4 Å².